The highest BCUT2D eigenvalue weighted by Crippen LogP contribution is 2.50. The van der Waals surface area contributed by atoms with Gasteiger partial charge >= 0.3 is 0 Å². The maximum Gasteiger partial charge on any atom is 0.192 e. The standard InChI is InChI=1S/C11H21N3/c1-7(2)14-10(12)13-6-11(14)5-8(3)9(11)4/h7-9H,5-6H2,1-4H3,(H2,12,13). The average Bonchev–Trinajstić information content (AvgIpc) is 2.45. The summed E-state index contributed by atoms with van der Waals surface area (Å²) in [5.41, 5.74) is 6.21. The third-order valence-corrected chi connectivity index (χ3v) is 4.13. The van der Waals surface area contributed by atoms with E-state index < -0.39 is 0 Å². The Hall–Kier alpha value is -0.730. The van der Waals surface area contributed by atoms with E-state index in [2.05, 4.69) is 37.6 Å². The van der Waals surface area contributed by atoms with Gasteiger partial charge in [-0.3, -0.25) is 4.99 Å². The Morgan fingerprint density at radius 2 is 2.14 bits per heavy atom. The Kier molecular flexibility index (Phi) is 2.02. The monoisotopic (exact) mass is 195 g/mol. The highest BCUT2D eigenvalue weighted by Gasteiger charge is 2.56. The van der Waals surface area contributed by atoms with E-state index >= 15 is 0 Å². The fourth-order valence-corrected chi connectivity index (χ4v) is 3.19. The fraction of sp³-hybridized carbons (Fsp3) is 0.909. The van der Waals surface area contributed by atoms with Gasteiger partial charge in [0.25, 0.3) is 0 Å². The van der Waals surface area contributed by atoms with Crippen molar-refractivity contribution in [3.8, 4) is 0 Å². The molecule has 0 radical (unpaired) electrons. The maximum atomic E-state index is 5.95. The molecular weight excluding hydrogens is 174 g/mol. The van der Waals surface area contributed by atoms with Gasteiger partial charge in [0.1, 0.15) is 0 Å². The zero-order valence-electron chi connectivity index (χ0n) is 9.62. The van der Waals surface area contributed by atoms with Crippen molar-refractivity contribution in [3.63, 3.8) is 0 Å². The Morgan fingerprint density at radius 1 is 1.50 bits per heavy atom. The largest absolute Gasteiger partial charge is 0.370 e. The van der Waals surface area contributed by atoms with Crippen LogP contribution in [0, 0.1) is 11.8 Å². The maximum absolute atomic E-state index is 5.95. The van der Waals surface area contributed by atoms with Crippen LogP contribution in [0.2, 0.25) is 0 Å². The van der Waals surface area contributed by atoms with Gasteiger partial charge < -0.3 is 10.6 Å². The molecule has 3 unspecified atom stereocenters. The summed E-state index contributed by atoms with van der Waals surface area (Å²) in [5.74, 6) is 2.28. The van der Waals surface area contributed by atoms with Gasteiger partial charge in [0.05, 0.1) is 12.1 Å². The minimum atomic E-state index is 0.262. The van der Waals surface area contributed by atoms with Gasteiger partial charge in [0, 0.05) is 6.04 Å². The molecule has 0 aromatic heterocycles. The predicted octanol–water partition coefficient (Wildman–Crippen LogP) is 1.44. The molecule has 0 aromatic carbocycles. The summed E-state index contributed by atoms with van der Waals surface area (Å²) >= 11 is 0. The molecule has 14 heavy (non-hydrogen) atoms. The zero-order valence-corrected chi connectivity index (χ0v) is 9.62. The number of guanidine groups is 1. The minimum Gasteiger partial charge on any atom is -0.370 e. The molecule has 80 valence electrons. The molecule has 3 atom stereocenters. The molecule has 3 heteroatoms. The first-order chi connectivity index (χ1) is 6.49. The van der Waals surface area contributed by atoms with Gasteiger partial charge in [-0.1, -0.05) is 13.8 Å². The summed E-state index contributed by atoms with van der Waals surface area (Å²) in [5, 5.41) is 0. The van der Waals surface area contributed by atoms with Crippen molar-refractivity contribution in [1.29, 1.82) is 0 Å². The normalized spacial score (nSPS) is 41.8. The van der Waals surface area contributed by atoms with Crippen LogP contribution in [0.15, 0.2) is 4.99 Å². The van der Waals surface area contributed by atoms with Crippen molar-refractivity contribution in [2.45, 2.75) is 45.7 Å². The molecule has 0 bridgehead atoms. The van der Waals surface area contributed by atoms with Crippen molar-refractivity contribution >= 4 is 5.96 Å². The summed E-state index contributed by atoms with van der Waals surface area (Å²) in [4.78, 5) is 6.75. The Balaban J connectivity index is 2.23. The molecular formula is C11H21N3. The fourth-order valence-electron chi connectivity index (χ4n) is 3.19. The first-order valence-corrected chi connectivity index (χ1v) is 5.58. The van der Waals surface area contributed by atoms with Gasteiger partial charge in [-0.15, -0.1) is 0 Å². The average molecular weight is 195 g/mol. The van der Waals surface area contributed by atoms with Gasteiger partial charge in [-0.2, -0.15) is 0 Å². The summed E-state index contributed by atoms with van der Waals surface area (Å²) in [6.07, 6.45) is 1.25. The lowest BCUT2D eigenvalue weighted by Crippen LogP contribution is -2.66. The van der Waals surface area contributed by atoms with Crippen LogP contribution < -0.4 is 5.73 Å². The van der Waals surface area contributed by atoms with Crippen molar-refractivity contribution in [2.75, 3.05) is 6.54 Å². The summed E-state index contributed by atoms with van der Waals surface area (Å²) < 4.78 is 0. The smallest absolute Gasteiger partial charge is 0.192 e. The molecule has 0 amide bonds. The molecule has 2 rings (SSSR count). The van der Waals surface area contributed by atoms with Crippen LogP contribution in [0.25, 0.3) is 0 Å². The quantitative estimate of drug-likeness (QED) is 0.688. The van der Waals surface area contributed by atoms with Crippen molar-refractivity contribution in [2.24, 2.45) is 22.6 Å². The van der Waals surface area contributed by atoms with Crippen LogP contribution in [0.4, 0.5) is 0 Å². The second-order valence-corrected chi connectivity index (χ2v) is 5.21. The van der Waals surface area contributed by atoms with Crippen LogP contribution in [0.3, 0.4) is 0 Å². The van der Waals surface area contributed by atoms with E-state index in [0.717, 1.165) is 24.3 Å². The first-order valence-electron chi connectivity index (χ1n) is 5.58. The van der Waals surface area contributed by atoms with E-state index in [1.807, 2.05) is 0 Å². The Labute approximate surface area is 86.4 Å². The van der Waals surface area contributed by atoms with Crippen LogP contribution in [-0.4, -0.2) is 29.0 Å². The highest BCUT2D eigenvalue weighted by atomic mass is 15.4. The van der Waals surface area contributed by atoms with E-state index in [4.69, 9.17) is 5.73 Å². The number of nitrogens with two attached hydrogens (primary N) is 1. The molecule has 1 spiro atoms. The number of hydrogen-bond acceptors (Lipinski definition) is 3. The molecule has 1 saturated carbocycles. The molecule has 2 aliphatic rings. The van der Waals surface area contributed by atoms with E-state index in [1.54, 1.807) is 0 Å². The lowest BCUT2D eigenvalue weighted by Gasteiger charge is -2.56. The number of rotatable bonds is 1. The van der Waals surface area contributed by atoms with Crippen LogP contribution >= 0.6 is 0 Å². The van der Waals surface area contributed by atoms with Crippen LogP contribution in [0.1, 0.15) is 34.1 Å². The Bertz CT molecular complexity index is 272. The Morgan fingerprint density at radius 3 is 2.57 bits per heavy atom. The van der Waals surface area contributed by atoms with E-state index in [0.29, 0.717) is 6.04 Å². The summed E-state index contributed by atoms with van der Waals surface area (Å²) in [7, 11) is 0. The SMILES string of the molecule is CC1CC2(CN=C(N)N2C(C)C)C1C. The molecule has 2 N–H and O–H groups in total. The number of aliphatic imine (C=N–C) groups is 1. The van der Waals surface area contributed by atoms with E-state index in [1.165, 1.54) is 6.42 Å². The van der Waals surface area contributed by atoms with Crippen molar-refractivity contribution in [1.82, 2.24) is 4.90 Å². The molecule has 0 saturated heterocycles. The molecule has 1 fully saturated rings. The third-order valence-electron chi connectivity index (χ3n) is 4.13. The zero-order chi connectivity index (χ0) is 10.5. The minimum absolute atomic E-state index is 0.262. The number of nitrogens with zero attached hydrogens (tertiary/aromatic N) is 2. The van der Waals surface area contributed by atoms with Gasteiger partial charge in [0.15, 0.2) is 5.96 Å². The second-order valence-electron chi connectivity index (χ2n) is 5.21. The van der Waals surface area contributed by atoms with Crippen LogP contribution in [0.5, 0.6) is 0 Å². The van der Waals surface area contributed by atoms with Crippen molar-refractivity contribution in [3.05, 3.63) is 0 Å². The molecule has 1 aliphatic heterocycles. The number of hydrogen-bond donors (Lipinski definition) is 1. The van der Waals surface area contributed by atoms with Gasteiger partial charge in [-0.25, -0.2) is 0 Å². The lowest BCUT2D eigenvalue weighted by atomic mass is 9.60. The topological polar surface area (TPSA) is 41.6 Å². The highest BCUT2D eigenvalue weighted by molar-refractivity contribution is 5.81. The first kappa shape index (κ1) is 9.81. The second kappa shape index (κ2) is 2.88. The van der Waals surface area contributed by atoms with E-state index in [9.17, 15) is 0 Å². The third kappa shape index (κ3) is 1.01. The summed E-state index contributed by atoms with van der Waals surface area (Å²) in [6.45, 7) is 9.96. The molecule has 1 aliphatic carbocycles. The lowest BCUT2D eigenvalue weighted by molar-refractivity contribution is -0.0344. The van der Waals surface area contributed by atoms with E-state index in [-0.39, 0.29) is 5.54 Å². The molecule has 3 nitrogen and oxygen atoms in total. The predicted molar refractivity (Wildman–Crippen MR) is 59.1 cm³/mol. The van der Waals surface area contributed by atoms with Gasteiger partial charge in [0.2, 0.25) is 0 Å². The van der Waals surface area contributed by atoms with Gasteiger partial charge in [-0.05, 0) is 32.1 Å². The van der Waals surface area contributed by atoms with Crippen molar-refractivity contribution < 1.29 is 0 Å². The molecule has 0 aromatic rings. The van der Waals surface area contributed by atoms with Crippen LogP contribution in [-0.2, 0) is 0 Å². The molecule has 1 heterocycles. The summed E-state index contributed by atoms with van der Waals surface area (Å²) in [6, 6.07) is 0.469.